The molecule has 1 N–H and O–H groups in total. The van der Waals surface area contributed by atoms with E-state index in [0.29, 0.717) is 22.8 Å². The number of methoxy groups -OCH3 is 3. The standard InChI is InChI=1S/C15H18N2O5S/c1-19-10-4-8(5-11(20-2)13(10)21-3)14(18)17-9-6-23-7-12(9)22-15(17)16/h4-5,9,12,16H,6-7H2,1-3H3/t9-,12+/m0/s1. The normalized spacial score (nSPS) is 22.6. The Kier molecular flexibility index (Phi) is 4.25. The number of amides is 1. The summed E-state index contributed by atoms with van der Waals surface area (Å²) in [6, 6.07) is 2.98. The average molecular weight is 338 g/mol. The van der Waals surface area contributed by atoms with E-state index in [-0.39, 0.29) is 24.1 Å². The summed E-state index contributed by atoms with van der Waals surface area (Å²) in [6.07, 6.45) is -0.0986. The smallest absolute Gasteiger partial charge is 0.292 e. The average Bonchev–Trinajstić information content (AvgIpc) is 3.12. The van der Waals surface area contributed by atoms with Crippen LogP contribution in [-0.2, 0) is 4.74 Å². The number of carbonyl (C=O) groups excluding carboxylic acids is 1. The van der Waals surface area contributed by atoms with Crippen molar-refractivity contribution >= 4 is 23.7 Å². The van der Waals surface area contributed by atoms with E-state index in [1.54, 1.807) is 23.9 Å². The highest BCUT2D eigenvalue weighted by atomic mass is 32.2. The molecule has 2 atom stereocenters. The van der Waals surface area contributed by atoms with Crippen LogP contribution in [0.1, 0.15) is 10.4 Å². The third-order valence-corrected chi connectivity index (χ3v) is 5.09. The monoisotopic (exact) mass is 338 g/mol. The molecule has 0 aromatic heterocycles. The van der Waals surface area contributed by atoms with Gasteiger partial charge >= 0.3 is 0 Å². The van der Waals surface area contributed by atoms with Crippen molar-refractivity contribution in [2.24, 2.45) is 0 Å². The summed E-state index contributed by atoms with van der Waals surface area (Å²) in [7, 11) is 4.50. The zero-order chi connectivity index (χ0) is 16.6. The lowest BCUT2D eigenvalue weighted by Crippen LogP contribution is -2.41. The van der Waals surface area contributed by atoms with Gasteiger partial charge in [0, 0.05) is 17.1 Å². The van der Waals surface area contributed by atoms with Gasteiger partial charge in [0.05, 0.1) is 27.4 Å². The highest BCUT2D eigenvalue weighted by molar-refractivity contribution is 7.99. The van der Waals surface area contributed by atoms with Crippen LogP contribution in [-0.4, -0.2) is 61.8 Å². The number of nitrogens with zero attached hydrogens (tertiary/aromatic N) is 1. The van der Waals surface area contributed by atoms with Crippen LogP contribution in [0.3, 0.4) is 0 Å². The summed E-state index contributed by atoms with van der Waals surface area (Å²) in [5.41, 5.74) is 0.366. The molecule has 2 saturated heterocycles. The number of benzene rings is 1. The second kappa shape index (κ2) is 6.19. The SMILES string of the molecule is COc1cc(C(=O)N2C(=N)O[C@@H]3CSC[C@@H]32)cc(OC)c1OC. The molecule has 23 heavy (non-hydrogen) atoms. The lowest BCUT2D eigenvalue weighted by molar-refractivity contribution is 0.0822. The van der Waals surface area contributed by atoms with Crippen molar-refractivity contribution in [3.05, 3.63) is 17.7 Å². The maximum Gasteiger partial charge on any atom is 0.292 e. The minimum absolute atomic E-state index is 0.0981. The Morgan fingerprint density at radius 1 is 1.22 bits per heavy atom. The molecule has 1 aromatic rings. The Hall–Kier alpha value is -2.09. The molecule has 0 radical (unpaired) electrons. The maximum absolute atomic E-state index is 12.9. The van der Waals surface area contributed by atoms with Crippen LogP contribution in [0.15, 0.2) is 12.1 Å². The zero-order valence-electron chi connectivity index (χ0n) is 13.1. The quantitative estimate of drug-likeness (QED) is 0.898. The third kappa shape index (κ3) is 2.56. The summed E-state index contributed by atoms with van der Waals surface area (Å²) in [6.45, 7) is 0. The molecule has 0 aliphatic carbocycles. The molecule has 0 spiro atoms. The molecule has 2 aliphatic rings. The Morgan fingerprint density at radius 3 is 2.43 bits per heavy atom. The highest BCUT2D eigenvalue weighted by Gasteiger charge is 2.46. The maximum atomic E-state index is 12.9. The Labute approximate surface area is 138 Å². The van der Waals surface area contributed by atoms with E-state index in [1.807, 2.05) is 0 Å². The first-order valence-electron chi connectivity index (χ1n) is 7.07. The summed E-state index contributed by atoms with van der Waals surface area (Å²) in [5.74, 6) is 2.49. The molecule has 2 heterocycles. The molecule has 0 bridgehead atoms. The Morgan fingerprint density at radius 2 is 1.87 bits per heavy atom. The molecule has 124 valence electrons. The van der Waals surface area contributed by atoms with Crippen LogP contribution >= 0.6 is 11.8 Å². The van der Waals surface area contributed by atoms with Crippen molar-refractivity contribution in [1.29, 1.82) is 5.41 Å². The second-order valence-corrected chi connectivity index (χ2v) is 6.23. The number of fused-ring (bicyclic) bond motifs is 1. The molecule has 2 fully saturated rings. The summed E-state index contributed by atoms with van der Waals surface area (Å²) < 4.78 is 21.3. The van der Waals surface area contributed by atoms with Crippen molar-refractivity contribution in [3.8, 4) is 17.2 Å². The lowest BCUT2D eigenvalue weighted by atomic mass is 10.1. The van der Waals surface area contributed by atoms with Crippen molar-refractivity contribution in [1.82, 2.24) is 4.90 Å². The van der Waals surface area contributed by atoms with Crippen molar-refractivity contribution in [3.63, 3.8) is 0 Å². The van der Waals surface area contributed by atoms with E-state index in [0.717, 1.165) is 11.5 Å². The van der Waals surface area contributed by atoms with Gasteiger partial charge in [-0.2, -0.15) is 11.8 Å². The van der Waals surface area contributed by atoms with Gasteiger partial charge in [0.15, 0.2) is 11.5 Å². The molecular weight excluding hydrogens is 320 g/mol. The molecule has 0 unspecified atom stereocenters. The largest absolute Gasteiger partial charge is 0.493 e. The molecule has 2 aliphatic heterocycles. The fourth-order valence-corrected chi connectivity index (χ4v) is 4.08. The zero-order valence-corrected chi connectivity index (χ0v) is 13.9. The first-order chi connectivity index (χ1) is 11.1. The van der Waals surface area contributed by atoms with E-state index in [2.05, 4.69) is 0 Å². The van der Waals surface area contributed by atoms with E-state index in [4.69, 9.17) is 24.4 Å². The minimum atomic E-state index is -0.302. The van der Waals surface area contributed by atoms with Gasteiger partial charge in [0.1, 0.15) is 6.10 Å². The van der Waals surface area contributed by atoms with Crippen molar-refractivity contribution in [2.75, 3.05) is 32.8 Å². The van der Waals surface area contributed by atoms with Gasteiger partial charge < -0.3 is 18.9 Å². The Bertz CT molecular complexity index is 626. The first-order valence-corrected chi connectivity index (χ1v) is 8.22. The van der Waals surface area contributed by atoms with Gasteiger partial charge in [-0.15, -0.1) is 0 Å². The predicted molar refractivity (Wildman–Crippen MR) is 86.0 cm³/mol. The van der Waals surface area contributed by atoms with Gasteiger partial charge in [0.25, 0.3) is 11.9 Å². The van der Waals surface area contributed by atoms with Gasteiger partial charge in [-0.1, -0.05) is 0 Å². The highest BCUT2D eigenvalue weighted by Crippen LogP contribution is 2.39. The summed E-state index contributed by atoms with van der Waals surface area (Å²) in [4.78, 5) is 14.3. The number of amidine groups is 1. The molecule has 8 heteroatoms. The van der Waals surface area contributed by atoms with Crippen LogP contribution in [0.25, 0.3) is 0 Å². The topological polar surface area (TPSA) is 81.1 Å². The third-order valence-electron chi connectivity index (χ3n) is 3.94. The molecule has 0 saturated carbocycles. The van der Waals surface area contributed by atoms with Gasteiger partial charge in [-0.25, -0.2) is 0 Å². The van der Waals surface area contributed by atoms with Crippen LogP contribution in [0, 0.1) is 5.41 Å². The molecular formula is C15H18N2O5S. The number of nitrogens with one attached hydrogen (secondary N) is 1. The predicted octanol–water partition coefficient (Wildman–Crippen LogP) is 1.60. The number of rotatable bonds is 4. The molecule has 3 rings (SSSR count). The molecule has 7 nitrogen and oxygen atoms in total. The number of ether oxygens (including phenoxy) is 4. The second-order valence-electron chi connectivity index (χ2n) is 5.16. The van der Waals surface area contributed by atoms with Crippen LogP contribution in [0.4, 0.5) is 0 Å². The van der Waals surface area contributed by atoms with Crippen molar-refractivity contribution in [2.45, 2.75) is 12.1 Å². The van der Waals surface area contributed by atoms with Gasteiger partial charge in [-0.3, -0.25) is 15.1 Å². The number of hydrogen-bond donors (Lipinski definition) is 1. The first kappa shape index (κ1) is 15.8. The van der Waals surface area contributed by atoms with E-state index < -0.39 is 0 Å². The van der Waals surface area contributed by atoms with Crippen LogP contribution in [0.2, 0.25) is 0 Å². The minimum Gasteiger partial charge on any atom is -0.493 e. The summed E-state index contributed by atoms with van der Waals surface area (Å²) in [5, 5.41) is 7.95. The Balaban J connectivity index is 1.97. The number of hydrogen-bond acceptors (Lipinski definition) is 7. The number of carbonyl (C=O) groups is 1. The molecule has 1 aromatic carbocycles. The van der Waals surface area contributed by atoms with Gasteiger partial charge in [-0.05, 0) is 12.1 Å². The van der Waals surface area contributed by atoms with Crippen LogP contribution < -0.4 is 14.2 Å². The fourth-order valence-electron chi connectivity index (χ4n) is 2.81. The van der Waals surface area contributed by atoms with Crippen LogP contribution in [0.5, 0.6) is 17.2 Å². The fraction of sp³-hybridized carbons (Fsp3) is 0.467. The van der Waals surface area contributed by atoms with E-state index in [1.165, 1.54) is 26.2 Å². The molecule has 1 amide bonds. The number of thioether (sulfide) groups is 1. The van der Waals surface area contributed by atoms with E-state index >= 15 is 0 Å². The summed E-state index contributed by atoms with van der Waals surface area (Å²) >= 11 is 1.72. The van der Waals surface area contributed by atoms with Gasteiger partial charge in [0.2, 0.25) is 5.75 Å². The lowest BCUT2D eigenvalue weighted by Gasteiger charge is -2.20. The van der Waals surface area contributed by atoms with Crippen molar-refractivity contribution < 1.29 is 23.7 Å². The van der Waals surface area contributed by atoms with E-state index in [9.17, 15) is 4.79 Å².